The topological polar surface area (TPSA) is 50.3 Å². The van der Waals surface area contributed by atoms with Crippen LogP contribution in [-0.4, -0.2) is 21.7 Å². The molecule has 2 atom stereocenters. The van der Waals surface area contributed by atoms with Gasteiger partial charge in [-0.05, 0) is 38.0 Å². The number of carbonyl (C=O) groups excluding carboxylic acids is 2. The normalized spacial score (nSPS) is 22.4. The van der Waals surface area contributed by atoms with Gasteiger partial charge in [0.05, 0.1) is 17.2 Å². The number of hydrogen-bond acceptors (Lipinski definition) is 3. The third kappa shape index (κ3) is 2.89. The molecule has 2 heterocycles. The molecule has 0 N–H and O–H groups in total. The van der Waals surface area contributed by atoms with Gasteiger partial charge in [0.1, 0.15) is 0 Å². The van der Waals surface area contributed by atoms with Gasteiger partial charge in [-0.3, -0.25) is 19.5 Å². The van der Waals surface area contributed by atoms with Gasteiger partial charge in [0.25, 0.3) is 0 Å². The Balaban J connectivity index is 1.85. The van der Waals surface area contributed by atoms with Crippen molar-refractivity contribution in [2.45, 2.75) is 32.7 Å². The van der Waals surface area contributed by atoms with Crippen LogP contribution in [-0.2, 0) is 16.0 Å². The van der Waals surface area contributed by atoms with Crippen molar-refractivity contribution in [3.05, 3.63) is 66.0 Å². The van der Waals surface area contributed by atoms with Gasteiger partial charge in [0.15, 0.2) is 0 Å². The number of imide groups is 1. The summed E-state index contributed by atoms with van der Waals surface area (Å²) in [5.74, 6) is -0.226. The molecule has 0 bridgehead atoms. The molecule has 0 aliphatic carbocycles. The first kappa shape index (κ1) is 15.4. The molecule has 4 heteroatoms. The van der Waals surface area contributed by atoms with E-state index < -0.39 is 5.41 Å². The Morgan fingerprint density at radius 1 is 1.13 bits per heavy atom. The van der Waals surface area contributed by atoms with Crippen LogP contribution >= 0.6 is 0 Å². The quantitative estimate of drug-likeness (QED) is 0.815. The van der Waals surface area contributed by atoms with E-state index in [1.165, 1.54) is 4.90 Å². The van der Waals surface area contributed by atoms with E-state index in [9.17, 15) is 9.59 Å². The van der Waals surface area contributed by atoms with E-state index in [0.717, 1.165) is 11.3 Å². The fraction of sp³-hybridized carbons (Fsp3) is 0.316. The molecule has 118 valence electrons. The predicted molar refractivity (Wildman–Crippen MR) is 87.4 cm³/mol. The number of likely N-dealkylation sites (tertiary alicyclic amines) is 1. The van der Waals surface area contributed by atoms with Crippen LogP contribution in [0.25, 0.3) is 0 Å². The van der Waals surface area contributed by atoms with Gasteiger partial charge in [0, 0.05) is 12.6 Å². The Hall–Kier alpha value is -2.49. The van der Waals surface area contributed by atoms with Crippen LogP contribution in [0.2, 0.25) is 0 Å². The molecule has 0 spiro atoms. The van der Waals surface area contributed by atoms with Crippen LogP contribution in [0.5, 0.6) is 0 Å². The van der Waals surface area contributed by atoms with E-state index in [2.05, 4.69) is 4.98 Å². The number of carbonyl (C=O) groups is 2. The van der Waals surface area contributed by atoms with Crippen molar-refractivity contribution >= 4 is 11.8 Å². The molecular weight excluding hydrogens is 288 g/mol. The van der Waals surface area contributed by atoms with Crippen LogP contribution in [0.15, 0.2) is 54.7 Å². The molecule has 1 aliphatic rings. The van der Waals surface area contributed by atoms with Gasteiger partial charge in [-0.2, -0.15) is 0 Å². The fourth-order valence-corrected chi connectivity index (χ4v) is 3.23. The van der Waals surface area contributed by atoms with E-state index in [-0.39, 0.29) is 24.3 Å². The third-order valence-corrected chi connectivity index (χ3v) is 4.49. The Morgan fingerprint density at radius 2 is 1.83 bits per heavy atom. The Morgan fingerprint density at radius 3 is 2.48 bits per heavy atom. The number of pyridine rings is 1. The van der Waals surface area contributed by atoms with Crippen molar-refractivity contribution in [1.82, 2.24) is 9.88 Å². The minimum Gasteiger partial charge on any atom is -0.274 e. The highest BCUT2D eigenvalue weighted by Crippen LogP contribution is 2.39. The monoisotopic (exact) mass is 308 g/mol. The van der Waals surface area contributed by atoms with Crippen molar-refractivity contribution in [3.8, 4) is 0 Å². The number of rotatable bonds is 4. The fourth-order valence-electron chi connectivity index (χ4n) is 3.23. The standard InChI is InChI=1S/C19H20N2O2/c1-14(16-10-6-7-11-20-16)21-17(22)13-19(2,18(21)23)12-15-8-4-3-5-9-15/h3-11,14H,12-13H2,1-2H3. The Kier molecular flexibility index (Phi) is 3.99. The number of benzene rings is 1. The lowest BCUT2D eigenvalue weighted by Gasteiger charge is -2.26. The van der Waals surface area contributed by atoms with Crippen LogP contribution in [0.3, 0.4) is 0 Å². The van der Waals surface area contributed by atoms with Gasteiger partial charge in [-0.25, -0.2) is 0 Å². The number of hydrogen-bond donors (Lipinski definition) is 0. The predicted octanol–water partition coefficient (Wildman–Crippen LogP) is 3.15. The van der Waals surface area contributed by atoms with Crippen LogP contribution in [0.1, 0.15) is 37.6 Å². The number of aromatic nitrogens is 1. The lowest BCUT2D eigenvalue weighted by molar-refractivity contribution is -0.143. The van der Waals surface area contributed by atoms with Crippen molar-refractivity contribution < 1.29 is 9.59 Å². The molecule has 1 aliphatic heterocycles. The largest absolute Gasteiger partial charge is 0.274 e. The average Bonchev–Trinajstić information content (AvgIpc) is 2.77. The van der Waals surface area contributed by atoms with Gasteiger partial charge >= 0.3 is 0 Å². The maximum absolute atomic E-state index is 12.9. The van der Waals surface area contributed by atoms with E-state index in [1.807, 2.05) is 62.4 Å². The lowest BCUT2D eigenvalue weighted by Crippen LogP contribution is -2.37. The molecule has 0 saturated carbocycles. The van der Waals surface area contributed by atoms with Crippen molar-refractivity contribution in [1.29, 1.82) is 0 Å². The molecule has 1 aromatic carbocycles. The highest BCUT2D eigenvalue weighted by Gasteiger charge is 2.49. The summed E-state index contributed by atoms with van der Waals surface area (Å²) >= 11 is 0. The second-order valence-corrected chi connectivity index (χ2v) is 6.40. The second-order valence-electron chi connectivity index (χ2n) is 6.40. The molecule has 3 rings (SSSR count). The first-order valence-corrected chi connectivity index (χ1v) is 7.83. The summed E-state index contributed by atoms with van der Waals surface area (Å²) in [6, 6.07) is 15.0. The van der Waals surface area contributed by atoms with Gasteiger partial charge in [-0.1, -0.05) is 36.4 Å². The molecular formula is C19H20N2O2. The zero-order valence-corrected chi connectivity index (χ0v) is 13.4. The lowest BCUT2D eigenvalue weighted by atomic mass is 9.82. The van der Waals surface area contributed by atoms with Crippen molar-refractivity contribution in [2.24, 2.45) is 5.41 Å². The first-order chi connectivity index (χ1) is 11.0. The van der Waals surface area contributed by atoms with Gasteiger partial charge in [-0.15, -0.1) is 0 Å². The number of amides is 2. The van der Waals surface area contributed by atoms with Crippen LogP contribution in [0.4, 0.5) is 0 Å². The summed E-state index contributed by atoms with van der Waals surface area (Å²) in [5, 5.41) is 0. The minimum absolute atomic E-state index is 0.107. The average molecular weight is 308 g/mol. The third-order valence-electron chi connectivity index (χ3n) is 4.49. The number of nitrogens with zero attached hydrogens (tertiary/aromatic N) is 2. The Bertz CT molecular complexity index is 715. The highest BCUT2D eigenvalue weighted by atomic mass is 16.2. The van der Waals surface area contributed by atoms with Gasteiger partial charge < -0.3 is 0 Å². The van der Waals surface area contributed by atoms with Crippen LogP contribution < -0.4 is 0 Å². The molecule has 4 nitrogen and oxygen atoms in total. The maximum atomic E-state index is 12.9. The first-order valence-electron chi connectivity index (χ1n) is 7.83. The zero-order valence-electron chi connectivity index (χ0n) is 13.4. The summed E-state index contributed by atoms with van der Waals surface area (Å²) in [5.41, 5.74) is 1.13. The van der Waals surface area contributed by atoms with E-state index in [4.69, 9.17) is 0 Å². The minimum atomic E-state index is -0.679. The second kappa shape index (κ2) is 5.95. The molecule has 0 radical (unpaired) electrons. The molecule has 1 fully saturated rings. The zero-order chi connectivity index (χ0) is 16.4. The SMILES string of the molecule is CC(c1ccccn1)N1C(=O)CC(C)(Cc2ccccc2)C1=O. The molecule has 23 heavy (non-hydrogen) atoms. The Labute approximate surface area is 136 Å². The van der Waals surface area contributed by atoms with E-state index in [0.29, 0.717) is 6.42 Å². The summed E-state index contributed by atoms with van der Waals surface area (Å²) in [6.07, 6.45) is 2.50. The summed E-state index contributed by atoms with van der Waals surface area (Å²) in [4.78, 5) is 31.1. The highest BCUT2D eigenvalue weighted by molar-refractivity contribution is 6.06. The summed E-state index contributed by atoms with van der Waals surface area (Å²) in [6.45, 7) is 3.73. The molecule has 1 saturated heterocycles. The maximum Gasteiger partial charge on any atom is 0.236 e. The van der Waals surface area contributed by atoms with Crippen molar-refractivity contribution in [2.75, 3.05) is 0 Å². The smallest absolute Gasteiger partial charge is 0.236 e. The summed E-state index contributed by atoms with van der Waals surface area (Å²) in [7, 11) is 0. The molecule has 2 unspecified atom stereocenters. The van der Waals surface area contributed by atoms with E-state index >= 15 is 0 Å². The molecule has 1 aromatic heterocycles. The molecule has 2 aromatic rings. The van der Waals surface area contributed by atoms with E-state index in [1.54, 1.807) is 6.20 Å². The molecule has 2 amide bonds. The van der Waals surface area contributed by atoms with Gasteiger partial charge in [0.2, 0.25) is 11.8 Å². The van der Waals surface area contributed by atoms with Crippen molar-refractivity contribution in [3.63, 3.8) is 0 Å². The van der Waals surface area contributed by atoms with Crippen LogP contribution in [0, 0.1) is 5.41 Å². The summed E-state index contributed by atoms with van der Waals surface area (Å²) < 4.78 is 0.